The second-order valence-corrected chi connectivity index (χ2v) is 5.22. The topological polar surface area (TPSA) is 24.9 Å². The van der Waals surface area contributed by atoms with Crippen molar-refractivity contribution in [2.45, 2.75) is 6.04 Å². The highest BCUT2D eigenvalue weighted by atomic mass is 35.5. The lowest BCUT2D eigenvalue weighted by atomic mass is 9.95. The summed E-state index contributed by atoms with van der Waals surface area (Å²) in [6, 6.07) is 14.7. The van der Waals surface area contributed by atoms with E-state index in [9.17, 15) is 4.39 Å². The smallest absolute Gasteiger partial charge is 0.141 e. The molecule has 0 radical (unpaired) electrons. The molecule has 2 aromatic carbocycles. The predicted octanol–water partition coefficient (Wildman–Crippen LogP) is 4.34. The molecule has 0 amide bonds. The molecule has 0 aliphatic rings. The third kappa shape index (κ3) is 2.62. The molecule has 0 aliphatic carbocycles. The van der Waals surface area contributed by atoms with Gasteiger partial charge in [-0.1, -0.05) is 35.9 Å². The third-order valence-electron chi connectivity index (χ3n) is 3.56. The molecule has 1 N–H and O–H groups in total. The fourth-order valence-corrected chi connectivity index (χ4v) is 2.76. The van der Waals surface area contributed by atoms with Crippen LogP contribution in [0.3, 0.4) is 0 Å². The Labute approximate surface area is 127 Å². The summed E-state index contributed by atoms with van der Waals surface area (Å²) in [6.45, 7) is 0. The fourth-order valence-electron chi connectivity index (χ4n) is 2.57. The van der Waals surface area contributed by atoms with Gasteiger partial charge in [0, 0.05) is 11.6 Å². The van der Waals surface area contributed by atoms with Crippen molar-refractivity contribution in [1.82, 2.24) is 10.3 Å². The molecule has 0 aliphatic heterocycles. The van der Waals surface area contributed by atoms with Gasteiger partial charge < -0.3 is 5.32 Å². The molecule has 0 fully saturated rings. The molecule has 1 heterocycles. The van der Waals surface area contributed by atoms with Crippen LogP contribution >= 0.6 is 11.6 Å². The van der Waals surface area contributed by atoms with E-state index in [1.807, 2.05) is 37.4 Å². The third-order valence-corrected chi connectivity index (χ3v) is 3.85. The second kappa shape index (κ2) is 5.80. The van der Waals surface area contributed by atoms with Crippen LogP contribution in [-0.4, -0.2) is 12.0 Å². The molecule has 4 heteroatoms. The molecule has 21 heavy (non-hydrogen) atoms. The molecule has 1 aromatic heterocycles. The van der Waals surface area contributed by atoms with Crippen molar-refractivity contribution in [1.29, 1.82) is 0 Å². The van der Waals surface area contributed by atoms with Gasteiger partial charge in [-0.25, -0.2) is 4.39 Å². The van der Waals surface area contributed by atoms with Gasteiger partial charge >= 0.3 is 0 Å². The highest BCUT2D eigenvalue weighted by molar-refractivity contribution is 6.30. The molecule has 1 atom stereocenters. The van der Waals surface area contributed by atoms with E-state index < -0.39 is 5.82 Å². The Morgan fingerprint density at radius 3 is 2.76 bits per heavy atom. The van der Waals surface area contributed by atoms with E-state index in [-0.39, 0.29) is 11.1 Å². The molecule has 0 spiro atoms. The van der Waals surface area contributed by atoms with Crippen LogP contribution in [0.25, 0.3) is 10.9 Å². The zero-order valence-corrected chi connectivity index (χ0v) is 12.2. The zero-order chi connectivity index (χ0) is 14.8. The number of rotatable bonds is 3. The van der Waals surface area contributed by atoms with E-state index in [0.717, 1.165) is 22.0 Å². The summed E-state index contributed by atoms with van der Waals surface area (Å²) in [5.74, 6) is -0.408. The zero-order valence-electron chi connectivity index (χ0n) is 11.5. The average Bonchev–Trinajstić information content (AvgIpc) is 2.52. The second-order valence-electron chi connectivity index (χ2n) is 4.81. The molecule has 106 valence electrons. The fraction of sp³-hybridized carbons (Fsp3) is 0.118. The highest BCUT2D eigenvalue weighted by Crippen LogP contribution is 2.29. The van der Waals surface area contributed by atoms with Gasteiger partial charge in [0.15, 0.2) is 0 Å². The standard InChI is InChI=1S/C17H14ClFN2/c1-20-17(11-7-8-15(19)14(18)10-11)13-4-2-6-16-12(13)5-3-9-21-16/h2-10,17,20H,1H3. The minimum Gasteiger partial charge on any atom is -0.309 e. The maximum Gasteiger partial charge on any atom is 0.141 e. The van der Waals surface area contributed by atoms with E-state index in [0.29, 0.717) is 0 Å². The van der Waals surface area contributed by atoms with Gasteiger partial charge in [0.1, 0.15) is 5.82 Å². The number of nitrogens with zero attached hydrogens (tertiary/aromatic N) is 1. The number of hydrogen-bond acceptors (Lipinski definition) is 2. The number of benzene rings is 2. The number of halogens is 2. The molecule has 3 rings (SSSR count). The molecular weight excluding hydrogens is 287 g/mol. The van der Waals surface area contributed by atoms with E-state index in [1.165, 1.54) is 6.07 Å². The minimum atomic E-state index is -0.408. The lowest BCUT2D eigenvalue weighted by Gasteiger charge is -2.19. The monoisotopic (exact) mass is 300 g/mol. The summed E-state index contributed by atoms with van der Waals surface area (Å²) >= 11 is 5.91. The molecule has 3 aromatic rings. The van der Waals surface area contributed by atoms with Gasteiger partial charge in [0.2, 0.25) is 0 Å². The van der Waals surface area contributed by atoms with Crippen molar-refractivity contribution >= 4 is 22.5 Å². The van der Waals surface area contributed by atoms with Gasteiger partial charge in [-0.3, -0.25) is 4.98 Å². The summed E-state index contributed by atoms with van der Waals surface area (Å²) in [4.78, 5) is 4.37. The predicted molar refractivity (Wildman–Crippen MR) is 84.1 cm³/mol. The van der Waals surface area contributed by atoms with Crippen LogP contribution in [0.5, 0.6) is 0 Å². The molecule has 0 saturated heterocycles. The minimum absolute atomic E-state index is 0.0731. The van der Waals surface area contributed by atoms with E-state index in [2.05, 4.69) is 10.3 Å². The van der Waals surface area contributed by atoms with Crippen molar-refractivity contribution in [2.24, 2.45) is 0 Å². The van der Waals surface area contributed by atoms with Crippen LogP contribution in [-0.2, 0) is 0 Å². The quantitative estimate of drug-likeness (QED) is 0.778. The molecule has 2 nitrogen and oxygen atoms in total. The van der Waals surface area contributed by atoms with Crippen molar-refractivity contribution in [3.8, 4) is 0 Å². The van der Waals surface area contributed by atoms with Crippen LogP contribution in [0.15, 0.2) is 54.7 Å². The summed E-state index contributed by atoms with van der Waals surface area (Å²) in [7, 11) is 1.87. The summed E-state index contributed by atoms with van der Waals surface area (Å²) in [6.07, 6.45) is 1.77. The highest BCUT2D eigenvalue weighted by Gasteiger charge is 2.16. The first-order valence-corrected chi connectivity index (χ1v) is 7.04. The van der Waals surface area contributed by atoms with Gasteiger partial charge in [0.25, 0.3) is 0 Å². The maximum atomic E-state index is 13.4. The van der Waals surface area contributed by atoms with Gasteiger partial charge in [0.05, 0.1) is 16.6 Å². The van der Waals surface area contributed by atoms with Crippen LogP contribution in [0.4, 0.5) is 4.39 Å². The Kier molecular flexibility index (Phi) is 3.86. The number of fused-ring (bicyclic) bond motifs is 1. The first kappa shape index (κ1) is 14.0. The SMILES string of the molecule is CNC(c1ccc(F)c(Cl)c1)c1cccc2ncccc12. The van der Waals surface area contributed by atoms with Crippen molar-refractivity contribution in [3.63, 3.8) is 0 Å². The number of nitrogens with one attached hydrogen (secondary N) is 1. The number of aromatic nitrogens is 1. The van der Waals surface area contributed by atoms with Gasteiger partial charge in [-0.2, -0.15) is 0 Å². The Morgan fingerprint density at radius 1 is 1.14 bits per heavy atom. The first-order chi connectivity index (χ1) is 10.2. The lowest BCUT2D eigenvalue weighted by Crippen LogP contribution is -2.18. The van der Waals surface area contributed by atoms with Crippen LogP contribution in [0.2, 0.25) is 5.02 Å². The normalized spacial score (nSPS) is 12.5. The number of pyridine rings is 1. The van der Waals surface area contributed by atoms with E-state index in [1.54, 1.807) is 18.3 Å². The van der Waals surface area contributed by atoms with Gasteiger partial charge in [-0.05, 0) is 42.4 Å². The summed E-state index contributed by atoms with van der Waals surface area (Å²) in [5.41, 5.74) is 2.94. The summed E-state index contributed by atoms with van der Waals surface area (Å²) < 4.78 is 13.4. The van der Waals surface area contributed by atoms with Crippen molar-refractivity contribution < 1.29 is 4.39 Å². The van der Waals surface area contributed by atoms with Crippen molar-refractivity contribution in [3.05, 3.63) is 76.7 Å². The van der Waals surface area contributed by atoms with Crippen LogP contribution in [0, 0.1) is 5.82 Å². The molecule has 1 unspecified atom stereocenters. The lowest BCUT2D eigenvalue weighted by molar-refractivity contribution is 0.624. The molecule has 0 saturated carbocycles. The molecular formula is C17H14ClFN2. The Balaban J connectivity index is 2.16. The summed E-state index contributed by atoms with van der Waals surface area (Å²) in [5, 5.41) is 4.46. The van der Waals surface area contributed by atoms with E-state index in [4.69, 9.17) is 11.6 Å². The largest absolute Gasteiger partial charge is 0.309 e. The Morgan fingerprint density at radius 2 is 2.00 bits per heavy atom. The average molecular weight is 301 g/mol. The Hall–Kier alpha value is -1.97. The van der Waals surface area contributed by atoms with Crippen LogP contribution < -0.4 is 5.32 Å². The van der Waals surface area contributed by atoms with E-state index >= 15 is 0 Å². The van der Waals surface area contributed by atoms with Crippen LogP contribution in [0.1, 0.15) is 17.2 Å². The Bertz CT molecular complexity index is 783. The first-order valence-electron chi connectivity index (χ1n) is 6.66. The maximum absolute atomic E-state index is 13.4. The van der Waals surface area contributed by atoms with Crippen molar-refractivity contribution in [2.75, 3.05) is 7.05 Å². The molecule has 0 bridgehead atoms. The van der Waals surface area contributed by atoms with Gasteiger partial charge in [-0.15, -0.1) is 0 Å². The number of hydrogen-bond donors (Lipinski definition) is 1.